The molecule has 0 saturated carbocycles. The summed E-state index contributed by atoms with van der Waals surface area (Å²) in [6.45, 7) is 2.54. The van der Waals surface area contributed by atoms with E-state index in [4.69, 9.17) is 9.47 Å². The van der Waals surface area contributed by atoms with Gasteiger partial charge in [-0.1, -0.05) is 60.3 Å². The number of amides is 1. The van der Waals surface area contributed by atoms with Crippen LogP contribution in [0.5, 0.6) is 11.5 Å². The fourth-order valence-corrected chi connectivity index (χ4v) is 5.01. The molecule has 1 amide bonds. The number of nitrogens with one attached hydrogen (secondary N) is 2. The summed E-state index contributed by atoms with van der Waals surface area (Å²) in [5.41, 5.74) is 6.04. The molecular weight excluding hydrogens is 462 g/mol. The maximum absolute atomic E-state index is 13.5. The number of ether oxygens (including phenoxy) is 2. The van der Waals surface area contributed by atoms with Crippen LogP contribution in [-0.2, 0) is 4.79 Å². The van der Waals surface area contributed by atoms with Crippen LogP contribution in [0.25, 0.3) is 11.4 Å². The molecule has 2 N–H and O–H groups in total. The Bertz CT molecular complexity index is 1310. The molecule has 2 atom stereocenters. The van der Waals surface area contributed by atoms with E-state index in [1.807, 2.05) is 84.4 Å². The first-order valence-electron chi connectivity index (χ1n) is 11.3. The molecule has 0 bridgehead atoms. The average Bonchev–Trinajstić information content (AvgIpc) is 3.32. The third-order valence-electron chi connectivity index (χ3n) is 5.61. The smallest absolute Gasteiger partial charge is 0.240 e. The van der Waals surface area contributed by atoms with Gasteiger partial charge in [0.2, 0.25) is 11.1 Å². The zero-order valence-corrected chi connectivity index (χ0v) is 20.2. The van der Waals surface area contributed by atoms with Crippen LogP contribution in [0, 0.1) is 0 Å². The normalized spacial score (nSPS) is 16.6. The van der Waals surface area contributed by atoms with Crippen molar-refractivity contribution in [3.8, 4) is 22.9 Å². The third-order valence-corrected chi connectivity index (χ3v) is 6.83. The quantitative estimate of drug-likeness (QED) is 0.389. The number of nitrogens with zero attached hydrogens (tertiary/aromatic N) is 3. The maximum atomic E-state index is 13.5. The highest BCUT2D eigenvalue weighted by molar-refractivity contribution is 8.00. The second-order valence-electron chi connectivity index (χ2n) is 7.88. The van der Waals surface area contributed by atoms with Gasteiger partial charge < -0.3 is 20.2 Å². The van der Waals surface area contributed by atoms with Crippen molar-refractivity contribution in [2.75, 3.05) is 24.5 Å². The molecule has 5 rings (SSSR count). The van der Waals surface area contributed by atoms with Crippen molar-refractivity contribution in [1.82, 2.24) is 14.9 Å². The molecule has 1 aliphatic rings. The summed E-state index contributed by atoms with van der Waals surface area (Å²) in [7, 11) is 1.60. The SMILES string of the molecule is CCOc1ccc(C2Nn3c(nnc3-c3ccccc3)SC2C(=O)Nc2cccc(OC)c2)cc1. The lowest BCUT2D eigenvalue weighted by Gasteiger charge is -2.33. The van der Waals surface area contributed by atoms with E-state index in [1.54, 1.807) is 13.2 Å². The zero-order chi connectivity index (χ0) is 24.2. The molecule has 0 spiro atoms. The van der Waals surface area contributed by atoms with E-state index in [0.717, 1.165) is 16.9 Å². The fourth-order valence-electron chi connectivity index (χ4n) is 3.93. The lowest BCUT2D eigenvalue weighted by Crippen LogP contribution is -2.41. The minimum atomic E-state index is -0.500. The summed E-state index contributed by atoms with van der Waals surface area (Å²) in [5, 5.41) is 11.9. The summed E-state index contributed by atoms with van der Waals surface area (Å²) in [6.07, 6.45) is 0. The van der Waals surface area contributed by atoms with Crippen LogP contribution in [0.3, 0.4) is 0 Å². The number of carbonyl (C=O) groups is 1. The predicted molar refractivity (Wildman–Crippen MR) is 136 cm³/mol. The number of fused-ring (bicyclic) bond motifs is 1. The van der Waals surface area contributed by atoms with Gasteiger partial charge in [-0.3, -0.25) is 4.79 Å². The fraction of sp³-hybridized carbons (Fsp3) is 0.192. The second kappa shape index (κ2) is 10.1. The van der Waals surface area contributed by atoms with Crippen molar-refractivity contribution in [2.45, 2.75) is 23.4 Å². The molecule has 178 valence electrons. The lowest BCUT2D eigenvalue weighted by molar-refractivity contribution is -0.116. The van der Waals surface area contributed by atoms with Crippen molar-refractivity contribution in [3.63, 3.8) is 0 Å². The number of aromatic nitrogens is 3. The van der Waals surface area contributed by atoms with Crippen molar-refractivity contribution in [2.24, 2.45) is 0 Å². The summed E-state index contributed by atoms with van der Waals surface area (Å²) in [6, 6.07) is 24.6. The number of thioether (sulfide) groups is 1. The Kier molecular flexibility index (Phi) is 6.58. The Morgan fingerprint density at radius 1 is 1.03 bits per heavy atom. The Hall–Kier alpha value is -3.98. The van der Waals surface area contributed by atoms with Crippen molar-refractivity contribution in [1.29, 1.82) is 0 Å². The molecule has 0 aliphatic carbocycles. The summed E-state index contributed by atoms with van der Waals surface area (Å²) in [5.74, 6) is 2.00. The third kappa shape index (κ3) is 4.81. The van der Waals surface area contributed by atoms with E-state index in [2.05, 4.69) is 20.9 Å². The molecule has 0 fully saturated rings. The molecule has 35 heavy (non-hydrogen) atoms. The number of rotatable bonds is 7. The van der Waals surface area contributed by atoms with Gasteiger partial charge in [0, 0.05) is 17.3 Å². The standard InChI is InChI=1S/C26H25N5O3S/c1-3-34-20-14-12-17(13-15-20)22-23(25(32)27-19-10-7-11-21(16-19)33-2)35-26-29-28-24(31(26)30-22)18-8-5-4-6-9-18/h4-16,22-23,30H,3H2,1-2H3,(H,27,32). The topological polar surface area (TPSA) is 90.3 Å². The van der Waals surface area contributed by atoms with Gasteiger partial charge >= 0.3 is 0 Å². The minimum absolute atomic E-state index is 0.148. The number of hydrogen-bond acceptors (Lipinski definition) is 7. The lowest BCUT2D eigenvalue weighted by atomic mass is 10.0. The first-order valence-corrected chi connectivity index (χ1v) is 12.2. The Labute approximate surface area is 207 Å². The largest absolute Gasteiger partial charge is 0.497 e. The number of anilines is 1. The number of benzene rings is 3. The van der Waals surface area contributed by atoms with Crippen molar-refractivity contribution >= 4 is 23.4 Å². The molecule has 2 unspecified atom stereocenters. The average molecular weight is 488 g/mol. The van der Waals surface area contributed by atoms with Gasteiger partial charge in [0.1, 0.15) is 16.7 Å². The molecule has 2 heterocycles. The predicted octanol–water partition coefficient (Wildman–Crippen LogP) is 4.75. The summed E-state index contributed by atoms with van der Waals surface area (Å²) in [4.78, 5) is 13.5. The summed E-state index contributed by atoms with van der Waals surface area (Å²) >= 11 is 1.38. The minimum Gasteiger partial charge on any atom is -0.497 e. The van der Waals surface area contributed by atoms with E-state index in [-0.39, 0.29) is 11.9 Å². The molecule has 4 aromatic rings. The van der Waals surface area contributed by atoms with Crippen LogP contribution in [-0.4, -0.2) is 39.7 Å². The van der Waals surface area contributed by atoms with Crippen molar-refractivity contribution < 1.29 is 14.3 Å². The molecule has 9 heteroatoms. The van der Waals surface area contributed by atoms with E-state index >= 15 is 0 Å². The van der Waals surface area contributed by atoms with Crippen LogP contribution >= 0.6 is 11.8 Å². The molecule has 1 aliphatic heterocycles. The number of hydrogen-bond donors (Lipinski definition) is 2. The van der Waals surface area contributed by atoms with E-state index in [9.17, 15) is 4.79 Å². The van der Waals surface area contributed by atoms with Gasteiger partial charge in [0.25, 0.3) is 0 Å². The van der Waals surface area contributed by atoms with Crippen LogP contribution in [0.1, 0.15) is 18.5 Å². The highest BCUT2D eigenvalue weighted by atomic mass is 32.2. The number of methoxy groups -OCH3 is 1. The van der Waals surface area contributed by atoms with Gasteiger partial charge in [0.15, 0.2) is 5.82 Å². The monoisotopic (exact) mass is 487 g/mol. The molecule has 3 aromatic carbocycles. The Balaban J connectivity index is 1.49. The molecule has 0 radical (unpaired) electrons. The van der Waals surface area contributed by atoms with E-state index in [0.29, 0.717) is 29.0 Å². The van der Waals surface area contributed by atoms with Crippen LogP contribution < -0.4 is 20.2 Å². The van der Waals surface area contributed by atoms with Crippen LogP contribution in [0.2, 0.25) is 0 Å². The first kappa shape index (κ1) is 22.8. The van der Waals surface area contributed by atoms with Crippen molar-refractivity contribution in [3.05, 3.63) is 84.4 Å². The Morgan fingerprint density at radius 3 is 2.57 bits per heavy atom. The molecule has 1 aromatic heterocycles. The zero-order valence-electron chi connectivity index (χ0n) is 19.3. The van der Waals surface area contributed by atoms with Gasteiger partial charge in [-0.05, 0) is 36.8 Å². The van der Waals surface area contributed by atoms with Gasteiger partial charge in [-0.2, -0.15) is 0 Å². The summed E-state index contributed by atoms with van der Waals surface area (Å²) < 4.78 is 12.8. The molecular formula is C26H25N5O3S. The van der Waals surface area contributed by atoms with Gasteiger partial charge in [-0.25, -0.2) is 4.68 Å². The van der Waals surface area contributed by atoms with Gasteiger partial charge in [-0.15, -0.1) is 10.2 Å². The van der Waals surface area contributed by atoms with E-state index < -0.39 is 5.25 Å². The highest BCUT2D eigenvalue weighted by Gasteiger charge is 2.38. The maximum Gasteiger partial charge on any atom is 0.240 e. The first-order chi connectivity index (χ1) is 17.2. The van der Waals surface area contributed by atoms with E-state index in [1.165, 1.54) is 11.8 Å². The molecule has 0 saturated heterocycles. The number of carbonyl (C=O) groups excluding carboxylic acids is 1. The highest BCUT2D eigenvalue weighted by Crippen LogP contribution is 2.39. The Morgan fingerprint density at radius 2 is 1.83 bits per heavy atom. The molecule has 8 nitrogen and oxygen atoms in total. The van der Waals surface area contributed by atoms with Crippen LogP contribution in [0.4, 0.5) is 5.69 Å². The van der Waals surface area contributed by atoms with Gasteiger partial charge in [0.05, 0.1) is 19.8 Å². The second-order valence-corrected chi connectivity index (χ2v) is 8.98. The van der Waals surface area contributed by atoms with Crippen LogP contribution in [0.15, 0.2) is 84.0 Å².